The summed E-state index contributed by atoms with van der Waals surface area (Å²) in [5, 5.41) is 7.14. The van der Waals surface area contributed by atoms with Crippen molar-refractivity contribution in [3.8, 4) is 0 Å². The minimum Gasteiger partial charge on any atom is -0.384 e. The number of Topliss-reactive ketones (excluding diaryl/α,β-unsaturated/α-hetero) is 1. The van der Waals surface area contributed by atoms with Crippen LogP contribution < -0.4 is 21.1 Å². The Bertz CT molecular complexity index is 1790. The van der Waals surface area contributed by atoms with E-state index < -0.39 is 22.3 Å². The fourth-order valence-corrected chi connectivity index (χ4v) is 6.48. The molecule has 3 atom stereocenters. The third-order valence-corrected chi connectivity index (χ3v) is 8.76. The number of methoxy groups -OCH3 is 1. The monoisotopic (exact) mass is 636 g/mol. The van der Waals surface area contributed by atoms with E-state index in [0.29, 0.717) is 35.5 Å². The number of anilines is 3. The van der Waals surface area contributed by atoms with E-state index in [-0.39, 0.29) is 64.8 Å². The van der Waals surface area contributed by atoms with Gasteiger partial charge in [-0.05, 0) is 38.1 Å². The molecule has 0 radical (unpaired) electrons. The smallest absolute Gasteiger partial charge is 0.263 e. The van der Waals surface area contributed by atoms with Gasteiger partial charge in [0.1, 0.15) is 11.5 Å². The van der Waals surface area contributed by atoms with Crippen molar-refractivity contribution in [2.24, 2.45) is 5.92 Å². The molecule has 3 aromatic heterocycles. The Morgan fingerprint density at radius 1 is 1.16 bits per heavy atom. The van der Waals surface area contributed by atoms with Gasteiger partial charge in [0, 0.05) is 67.9 Å². The van der Waals surface area contributed by atoms with Gasteiger partial charge in [0.15, 0.2) is 10.8 Å². The van der Waals surface area contributed by atoms with Crippen LogP contribution in [0, 0.1) is 11.7 Å². The van der Waals surface area contributed by atoms with Gasteiger partial charge >= 0.3 is 0 Å². The number of fused-ring (bicyclic) bond motifs is 1. The highest BCUT2D eigenvalue weighted by Crippen LogP contribution is 2.26. The molecule has 1 aliphatic rings. The molecule has 5 rings (SSSR count). The summed E-state index contributed by atoms with van der Waals surface area (Å²) in [5.41, 5.74) is 0.878. The van der Waals surface area contributed by atoms with Crippen molar-refractivity contribution in [3.05, 3.63) is 70.3 Å². The lowest BCUT2D eigenvalue weighted by Gasteiger charge is -2.37. The van der Waals surface area contributed by atoms with Crippen LogP contribution in [0.25, 0.3) is 11.0 Å². The van der Waals surface area contributed by atoms with Gasteiger partial charge in [-0.15, -0.1) is 0 Å². The first-order valence-electron chi connectivity index (χ1n) is 14.7. The first-order valence-corrected chi connectivity index (χ1v) is 16.1. The van der Waals surface area contributed by atoms with E-state index in [9.17, 15) is 13.8 Å². The first-order chi connectivity index (χ1) is 21.5. The Morgan fingerprint density at radius 3 is 2.58 bits per heavy atom. The Kier molecular flexibility index (Phi) is 9.95. The fraction of sp³-hybridized carbons (Fsp3) is 0.419. The number of halogens is 1. The van der Waals surface area contributed by atoms with Gasteiger partial charge in [0.05, 0.1) is 46.6 Å². The lowest BCUT2D eigenvalue weighted by atomic mass is 10.0. The highest BCUT2D eigenvalue weighted by molar-refractivity contribution is 7.85. The Labute approximate surface area is 262 Å². The van der Waals surface area contributed by atoms with E-state index in [0.717, 1.165) is 0 Å². The maximum atomic E-state index is 15.3. The number of aromatic nitrogens is 5. The third-order valence-electron chi connectivity index (χ3n) is 7.45. The second-order valence-corrected chi connectivity index (χ2v) is 12.9. The SMILES string of the molecule is COCCS(=O)c1nccnc1Cn1c(=O)c(C(=O)C(C)C)cc2cnc(Nc3ccc(N4CC(C)NC(C)C4)c(F)c3)nc21. The van der Waals surface area contributed by atoms with Crippen LogP contribution in [0.5, 0.6) is 0 Å². The third kappa shape index (κ3) is 7.24. The van der Waals surface area contributed by atoms with E-state index in [2.05, 4.69) is 44.4 Å². The largest absolute Gasteiger partial charge is 0.384 e. The number of hydrogen-bond donors (Lipinski definition) is 2. The minimum atomic E-state index is -1.54. The van der Waals surface area contributed by atoms with E-state index in [1.165, 1.54) is 42.4 Å². The molecular weight excluding hydrogens is 599 g/mol. The number of carbonyl (C=O) groups is 1. The molecule has 1 fully saturated rings. The van der Waals surface area contributed by atoms with Crippen LogP contribution in [-0.4, -0.2) is 79.1 Å². The number of rotatable bonds is 11. The Hall–Kier alpha value is -4.14. The van der Waals surface area contributed by atoms with Crippen molar-refractivity contribution in [1.82, 2.24) is 29.8 Å². The summed E-state index contributed by atoms with van der Waals surface area (Å²) in [6.45, 7) is 9.06. The molecule has 2 N–H and O–H groups in total. The molecular formula is C31H37FN8O4S. The molecule has 4 aromatic rings. The molecule has 45 heavy (non-hydrogen) atoms. The molecule has 14 heteroatoms. The lowest BCUT2D eigenvalue weighted by Crippen LogP contribution is -2.54. The average Bonchev–Trinajstić information content (AvgIpc) is 3.00. The maximum absolute atomic E-state index is 15.3. The normalized spacial score (nSPS) is 17.5. The zero-order valence-electron chi connectivity index (χ0n) is 25.9. The summed E-state index contributed by atoms with van der Waals surface area (Å²) in [5.74, 6) is -0.817. The van der Waals surface area contributed by atoms with E-state index >= 15 is 4.39 Å². The highest BCUT2D eigenvalue weighted by atomic mass is 32.2. The topological polar surface area (TPSA) is 144 Å². The molecule has 0 bridgehead atoms. The zero-order chi connectivity index (χ0) is 32.2. The summed E-state index contributed by atoms with van der Waals surface area (Å²) in [4.78, 5) is 46.5. The number of carbonyl (C=O) groups excluding carboxylic acids is 1. The van der Waals surface area contributed by atoms with E-state index in [1.807, 2.05) is 4.90 Å². The summed E-state index contributed by atoms with van der Waals surface area (Å²) < 4.78 is 34.7. The summed E-state index contributed by atoms with van der Waals surface area (Å²) >= 11 is 0. The van der Waals surface area contributed by atoms with Crippen molar-refractivity contribution in [2.75, 3.05) is 42.8 Å². The number of hydrogen-bond acceptors (Lipinski definition) is 11. The van der Waals surface area contributed by atoms with Crippen molar-refractivity contribution in [2.45, 2.75) is 51.3 Å². The lowest BCUT2D eigenvalue weighted by molar-refractivity contribution is 0.0937. The van der Waals surface area contributed by atoms with Crippen LogP contribution in [0.3, 0.4) is 0 Å². The molecule has 1 aliphatic heterocycles. The van der Waals surface area contributed by atoms with Gasteiger partial charge in [0.2, 0.25) is 5.95 Å². The van der Waals surface area contributed by atoms with Crippen LogP contribution in [-0.2, 0) is 22.1 Å². The van der Waals surface area contributed by atoms with Gasteiger partial charge in [0.25, 0.3) is 5.56 Å². The van der Waals surface area contributed by atoms with Gasteiger partial charge in [-0.25, -0.2) is 14.4 Å². The van der Waals surface area contributed by atoms with Crippen LogP contribution in [0.2, 0.25) is 0 Å². The minimum absolute atomic E-state index is 0.0121. The molecule has 0 aliphatic carbocycles. The fourth-order valence-electron chi connectivity index (χ4n) is 5.41. The molecule has 1 aromatic carbocycles. The highest BCUT2D eigenvalue weighted by Gasteiger charge is 2.24. The maximum Gasteiger partial charge on any atom is 0.263 e. The molecule has 12 nitrogen and oxygen atoms in total. The number of benzene rings is 1. The second-order valence-electron chi connectivity index (χ2n) is 11.5. The van der Waals surface area contributed by atoms with Gasteiger partial charge in [-0.1, -0.05) is 13.8 Å². The number of piperazine rings is 1. The van der Waals surface area contributed by atoms with E-state index in [4.69, 9.17) is 4.74 Å². The number of pyridine rings is 1. The standard InChI is InChI=1S/C31H37FN8O4S/c1-18(2)27(41)23-12-21-14-35-31(37-22-6-7-26(24(32)13-22)39-15-19(3)36-20(4)16-39)38-28(21)40(30(23)42)17-25-29(34-9-8-33-25)45(43)11-10-44-5/h6-9,12-14,18-20,36H,10-11,15-17H2,1-5H3,(H,35,37,38). The van der Waals surface area contributed by atoms with Crippen molar-refractivity contribution in [3.63, 3.8) is 0 Å². The van der Waals surface area contributed by atoms with Crippen molar-refractivity contribution in [1.29, 1.82) is 0 Å². The van der Waals surface area contributed by atoms with Crippen LogP contribution in [0.15, 0.2) is 52.7 Å². The predicted molar refractivity (Wildman–Crippen MR) is 171 cm³/mol. The first kappa shape index (κ1) is 32.3. The van der Waals surface area contributed by atoms with Gasteiger partial charge < -0.3 is 20.3 Å². The van der Waals surface area contributed by atoms with Crippen LogP contribution in [0.1, 0.15) is 43.7 Å². The predicted octanol–water partition coefficient (Wildman–Crippen LogP) is 3.29. The Morgan fingerprint density at radius 2 is 1.89 bits per heavy atom. The average molecular weight is 637 g/mol. The molecule has 1 saturated heterocycles. The summed E-state index contributed by atoms with van der Waals surface area (Å²) in [6.07, 6.45) is 4.38. The van der Waals surface area contributed by atoms with Gasteiger partial charge in [-0.2, -0.15) is 4.98 Å². The molecule has 4 heterocycles. The second kappa shape index (κ2) is 13.9. The van der Waals surface area contributed by atoms with Crippen LogP contribution >= 0.6 is 0 Å². The van der Waals surface area contributed by atoms with Crippen molar-refractivity contribution < 1.29 is 18.1 Å². The van der Waals surface area contributed by atoms with Crippen LogP contribution in [0.4, 0.5) is 21.7 Å². The number of nitrogens with one attached hydrogen (secondary N) is 2. The van der Waals surface area contributed by atoms with Crippen molar-refractivity contribution >= 4 is 44.9 Å². The number of ether oxygens (including phenoxy) is 1. The number of nitrogens with zero attached hydrogens (tertiary/aromatic N) is 6. The quantitative estimate of drug-likeness (QED) is 0.234. The molecule has 238 valence electrons. The number of ketones is 1. The molecule has 3 unspecified atom stereocenters. The summed E-state index contributed by atoms with van der Waals surface area (Å²) in [6, 6.07) is 6.81. The zero-order valence-corrected chi connectivity index (χ0v) is 26.7. The summed E-state index contributed by atoms with van der Waals surface area (Å²) in [7, 11) is -0.0272. The van der Waals surface area contributed by atoms with Gasteiger partial charge in [-0.3, -0.25) is 23.3 Å². The van der Waals surface area contributed by atoms with E-state index in [1.54, 1.807) is 26.0 Å². The Balaban J connectivity index is 1.53. The molecule has 0 saturated carbocycles. The molecule has 0 amide bonds. The molecule has 0 spiro atoms.